The van der Waals surface area contributed by atoms with Crippen molar-refractivity contribution < 1.29 is 9.13 Å². The minimum Gasteiger partial charge on any atom is -0.485 e. The van der Waals surface area contributed by atoms with Crippen LogP contribution in [0.1, 0.15) is 24.5 Å². The molecule has 0 aliphatic carbocycles. The standard InChI is InChI=1S/C16H19FN2O/c1-2-8-18-11-14-6-3-7-15(17)16(14)20-12-13-5-4-9-19-10-13/h3-7,9-10,18H,2,8,11-12H2,1H3. The lowest BCUT2D eigenvalue weighted by atomic mass is 10.2. The summed E-state index contributed by atoms with van der Waals surface area (Å²) in [6, 6.07) is 8.74. The lowest BCUT2D eigenvalue weighted by Crippen LogP contribution is -2.15. The van der Waals surface area contributed by atoms with Gasteiger partial charge >= 0.3 is 0 Å². The first-order valence-corrected chi connectivity index (χ1v) is 6.81. The Hall–Kier alpha value is -1.94. The number of nitrogens with zero attached hydrogens (tertiary/aromatic N) is 1. The Bertz CT molecular complexity index is 531. The van der Waals surface area contributed by atoms with Crippen LogP contribution in [0.3, 0.4) is 0 Å². The Balaban J connectivity index is 2.05. The minimum atomic E-state index is -0.329. The largest absolute Gasteiger partial charge is 0.485 e. The normalized spacial score (nSPS) is 10.5. The summed E-state index contributed by atoms with van der Waals surface area (Å²) >= 11 is 0. The van der Waals surface area contributed by atoms with Gasteiger partial charge in [-0.15, -0.1) is 0 Å². The van der Waals surface area contributed by atoms with Gasteiger partial charge in [0.15, 0.2) is 11.6 Å². The molecule has 0 saturated heterocycles. The highest BCUT2D eigenvalue weighted by atomic mass is 19.1. The van der Waals surface area contributed by atoms with Gasteiger partial charge in [-0.05, 0) is 25.1 Å². The van der Waals surface area contributed by atoms with Crippen LogP contribution in [-0.2, 0) is 13.2 Å². The van der Waals surface area contributed by atoms with Crippen LogP contribution in [0, 0.1) is 5.82 Å². The maximum absolute atomic E-state index is 13.9. The third-order valence-corrected chi connectivity index (χ3v) is 2.90. The summed E-state index contributed by atoms with van der Waals surface area (Å²) in [5, 5.41) is 3.26. The highest BCUT2D eigenvalue weighted by Gasteiger charge is 2.09. The van der Waals surface area contributed by atoms with Gasteiger partial charge in [0.2, 0.25) is 0 Å². The fourth-order valence-corrected chi connectivity index (χ4v) is 1.89. The van der Waals surface area contributed by atoms with E-state index in [4.69, 9.17) is 4.74 Å². The number of pyridine rings is 1. The van der Waals surface area contributed by atoms with E-state index in [9.17, 15) is 4.39 Å². The van der Waals surface area contributed by atoms with Crippen molar-refractivity contribution in [2.75, 3.05) is 6.54 Å². The van der Waals surface area contributed by atoms with Crippen molar-refractivity contribution in [3.63, 3.8) is 0 Å². The van der Waals surface area contributed by atoms with Crippen molar-refractivity contribution in [1.82, 2.24) is 10.3 Å². The number of nitrogens with one attached hydrogen (secondary N) is 1. The average Bonchev–Trinajstić information content (AvgIpc) is 2.48. The van der Waals surface area contributed by atoms with Crippen molar-refractivity contribution in [1.29, 1.82) is 0 Å². The van der Waals surface area contributed by atoms with Crippen LogP contribution in [0.2, 0.25) is 0 Å². The zero-order valence-electron chi connectivity index (χ0n) is 11.6. The molecular weight excluding hydrogens is 255 g/mol. The van der Waals surface area contributed by atoms with E-state index in [0.717, 1.165) is 24.1 Å². The fourth-order valence-electron chi connectivity index (χ4n) is 1.89. The molecule has 1 aromatic carbocycles. The van der Waals surface area contributed by atoms with Gasteiger partial charge in [0.1, 0.15) is 6.61 Å². The maximum Gasteiger partial charge on any atom is 0.165 e. The lowest BCUT2D eigenvalue weighted by molar-refractivity contribution is 0.285. The number of ether oxygens (including phenoxy) is 1. The molecule has 1 heterocycles. The Morgan fingerprint density at radius 1 is 1.25 bits per heavy atom. The second-order valence-electron chi connectivity index (χ2n) is 4.55. The summed E-state index contributed by atoms with van der Waals surface area (Å²) in [5.41, 5.74) is 1.76. The highest BCUT2D eigenvalue weighted by molar-refractivity contribution is 5.35. The van der Waals surface area contributed by atoms with Crippen molar-refractivity contribution in [3.05, 3.63) is 59.7 Å². The summed E-state index contributed by atoms with van der Waals surface area (Å²) in [4.78, 5) is 4.02. The number of hydrogen-bond acceptors (Lipinski definition) is 3. The number of aromatic nitrogens is 1. The minimum absolute atomic E-state index is 0.315. The molecule has 2 rings (SSSR count). The smallest absolute Gasteiger partial charge is 0.165 e. The number of rotatable bonds is 7. The van der Waals surface area contributed by atoms with Crippen LogP contribution in [0.15, 0.2) is 42.7 Å². The molecule has 0 aliphatic rings. The van der Waals surface area contributed by atoms with E-state index >= 15 is 0 Å². The van der Waals surface area contributed by atoms with Crippen LogP contribution in [-0.4, -0.2) is 11.5 Å². The summed E-state index contributed by atoms with van der Waals surface area (Å²) in [6.07, 6.45) is 4.46. The lowest BCUT2D eigenvalue weighted by Gasteiger charge is -2.13. The van der Waals surface area contributed by atoms with E-state index in [0.29, 0.717) is 18.9 Å². The van der Waals surface area contributed by atoms with Gasteiger partial charge in [0, 0.05) is 30.1 Å². The average molecular weight is 274 g/mol. The zero-order chi connectivity index (χ0) is 14.2. The SMILES string of the molecule is CCCNCc1cccc(F)c1OCc1cccnc1. The van der Waals surface area contributed by atoms with Gasteiger partial charge in [-0.2, -0.15) is 0 Å². The first-order valence-electron chi connectivity index (χ1n) is 6.81. The van der Waals surface area contributed by atoms with Gasteiger partial charge < -0.3 is 10.1 Å². The molecule has 0 spiro atoms. The molecule has 0 bridgehead atoms. The molecular formula is C16H19FN2O. The summed E-state index contributed by atoms with van der Waals surface area (Å²) < 4.78 is 19.5. The fraction of sp³-hybridized carbons (Fsp3) is 0.312. The monoisotopic (exact) mass is 274 g/mol. The summed E-state index contributed by atoms with van der Waals surface area (Å²) in [7, 11) is 0. The highest BCUT2D eigenvalue weighted by Crippen LogP contribution is 2.23. The quantitative estimate of drug-likeness (QED) is 0.787. The van der Waals surface area contributed by atoms with Crippen molar-refractivity contribution >= 4 is 0 Å². The van der Waals surface area contributed by atoms with Gasteiger partial charge in [0.25, 0.3) is 0 Å². The summed E-state index contributed by atoms with van der Waals surface area (Å²) in [6.45, 7) is 3.92. The predicted molar refractivity (Wildman–Crippen MR) is 77.0 cm³/mol. The van der Waals surface area contributed by atoms with E-state index in [1.807, 2.05) is 18.2 Å². The number of benzene rings is 1. The van der Waals surface area contributed by atoms with Gasteiger partial charge in [-0.25, -0.2) is 4.39 Å². The molecule has 0 fully saturated rings. The maximum atomic E-state index is 13.9. The first kappa shape index (κ1) is 14.5. The molecule has 106 valence electrons. The van der Waals surface area contributed by atoms with E-state index in [2.05, 4.69) is 17.2 Å². The van der Waals surface area contributed by atoms with Crippen LogP contribution in [0.5, 0.6) is 5.75 Å². The molecule has 0 saturated carbocycles. The Kier molecular flexibility index (Phi) is 5.50. The van der Waals surface area contributed by atoms with Crippen LogP contribution in [0.4, 0.5) is 4.39 Å². The van der Waals surface area contributed by atoms with Gasteiger partial charge in [-0.3, -0.25) is 4.98 Å². The zero-order valence-corrected chi connectivity index (χ0v) is 11.6. The van der Waals surface area contributed by atoms with Crippen LogP contribution < -0.4 is 10.1 Å². The second-order valence-corrected chi connectivity index (χ2v) is 4.55. The Morgan fingerprint density at radius 3 is 2.90 bits per heavy atom. The van der Waals surface area contributed by atoms with Crippen molar-refractivity contribution in [2.45, 2.75) is 26.5 Å². The van der Waals surface area contributed by atoms with Crippen molar-refractivity contribution in [3.8, 4) is 5.75 Å². The molecule has 3 nitrogen and oxygen atoms in total. The summed E-state index contributed by atoms with van der Waals surface area (Å²) in [5.74, 6) is -0.00959. The van der Waals surface area contributed by atoms with E-state index in [1.54, 1.807) is 18.5 Å². The van der Waals surface area contributed by atoms with Gasteiger partial charge in [-0.1, -0.05) is 25.1 Å². The third-order valence-electron chi connectivity index (χ3n) is 2.90. The Labute approximate surface area is 118 Å². The number of hydrogen-bond donors (Lipinski definition) is 1. The van der Waals surface area contributed by atoms with Crippen LogP contribution in [0.25, 0.3) is 0 Å². The van der Waals surface area contributed by atoms with E-state index < -0.39 is 0 Å². The molecule has 0 aliphatic heterocycles. The van der Waals surface area contributed by atoms with E-state index in [-0.39, 0.29) is 5.82 Å². The number of para-hydroxylation sites is 1. The molecule has 20 heavy (non-hydrogen) atoms. The van der Waals surface area contributed by atoms with Crippen molar-refractivity contribution in [2.24, 2.45) is 0 Å². The molecule has 0 amide bonds. The first-order chi connectivity index (χ1) is 9.81. The second kappa shape index (κ2) is 7.60. The molecule has 2 aromatic rings. The van der Waals surface area contributed by atoms with E-state index in [1.165, 1.54) is 6.07 Å². The van der Waals surface area contributed by atoms with Gasteiger partial charge in [0.05, 0.1) is 0 Å². The molecule has 0 unspecified atom stereocenters. The topological polar surface area (TPSA) is 34.1 Å². The predicted octanol–water partition coefficient (Wildman–Crippen LogP) is 3.30. The molecule has 0 atom stereocenters. The molecule has 1 aromatic heterocycles. The number of halogens is 1. The molecule has 4 heteroatoms. The Morgan fingerprint density at radius 2 is 2.15 bits per heavy atom. The molecule has 0 radical (unpaired) electrons. The van der Waals surface area contributed by atoms with Crippen LogP contribution >= 0.6 is 0 Å². The molecule has 1 N–H and O–H groups in total. The third kappa shape index (κ3) is 4.03.